The highest BCUT2D eigenvalue weighted by molar-refractivity contribution is 5.92. The number of allylic oxidation sites excluding steroid dienone is 8. The number of fused-ring (bicyclic) bond motifs is 1. The summed E-state index contributed by atoms with van der Waals surface area (Å²) in [7, 11) is 0. The number of nitrogens with one attached hydrogen (secondary N) is 2. The van der Waals surface area contributed by atoms with Crippen LogP contribution in [-0.2, 0) is 0 Å². The van der Waals surface area contributed by atoms with E-state index in [1.807, 2.05) is 36.7 Å². The standard InChI is InChI=1S/C22H18N2/c1-3-11-21(23-13-7-1)19-15-17-9-5-6-10-18(17)16-20(19)22-12-4-2-8-14-24-22/h1-16,23-24H. The van der Waals surface area contributed by atoms with Crippen LogP contribution in [-0.4, -0.2) is 0 Å². The lowest BCUT2D eigenvalue weighted by Gasteiger charge is -2.17. The summed E-state index contributed by atoms with van der Waals surface area (Å²) in [5, 5.41) is 9.24. The van der Waals surface area contributed by atoms with Gasteiger partial charge < -0.3 is 10.6 Å². The van der Waals surface area contributed by atoms with Crippen molar-refractivity contribution in [3.8, 4) is 0 Å². The molecule has 24 heavy (non-hydrogen) atoms. The molecule has 2 aromatic rings. The van der Waals surface area contributed by atoms with Crippen LogP contribution in [0, 0.1) is 0 Å². The molecule has 0 bridgehead atoms. The molecule has 2 aromatic carbocycles. The zero-order valence-corrected chi connectivity index (χ0v) is 13.2. The van der Waals surface area contributed by atoms with E-state index in [2.05, 4.69) is 71.3 Å². The fraction of sp³-hybridized carbons (Fsp3) is 0. The highest BCUT2D eigenvalue weighted by atomic mass is 14.9. The number of hydrogen-bond acceptors (Lipinski definition) is 2. The third kappa shape index (κ3) is 2.82. The van der Waals surface area contributed by atoms with Crippen molar-refractivity contribution in [1.29, 1.82) is 0 Å². The minimum atomic E-state index is 1.08. The van der Waals surface area contributed by atoms with Gasteiger partial charge >= 0.3 is 0 Å². The van der Waals surface area contributed by atoms with Crippen LogP contribution in [0.5, 0.6) is 0 Å². The molecule has 2 N–H and O–H groups in total. The molecule has 0 fully saturated rings. The molecule has 0 atom stereocenters. The largest absolute Gasteiger partial charge is 0.361 e. The summed E-state index contributed by atoms with van der Waals surface area (Å²) in [6, 6.07) is 13.0. The Kier molecular flexibility index (Phi) is 3.86. The van der Waals surface area contributed by atoms with Crippen LogP contribution in [0.2, 0.25) is 0 Å². The summed E-state index contributed by atoms with van der Waals surface area (Å²) in [6.45, 7) is 0. The fourth-order valence-corrected chi connectivity index (χ4v) is 2.94. The minimum absolute atomic E-state index is 1.08. The lowest BCUT2D eigenvalue weighted by Crippen LogP contribution is -2.10. The Labute approximate surface area is 141 Å². The van der Waals surface area contributed by atoms with Gasteiger partial charge in [-0.05, 0) is 47.2 Å². The summed E-state index contributed by atoms with van der Waals surface area (Å²) in [4.78, 5) is 0. The molecule has 2 heteroatoms. The number of hydrogen-bond donors (Lipinski definition) is 2. The predicted molar refractivity (Wildman–Crippen MR) is 103 cm³/mol. The first-order valence-corrected chi connectivity index (χ1v) is 8.05. The third-order valence-electron chi connectivity index (χ3n) is 4.11. The molecule has 0 saturated carbocycles. The van der Waals surface area contributed by atoms with Gasteiger partial charge in [0.2, 0.25) is 0 Å². The zero-order valence-electron chi connectivity index (χ0n) is 13.2. The van der Waals surface area contributed by atoms with Gasteiger partial charge in [-0.3, -0.25) is 0 Å². The quantitative estimate of drug-likeness (QED) is 0.827. The van der Waals surface area contributed by atoms with E-state index in [0.717, 1.165) is 11.4 Å². The summed E-state index contributed by atoms with van der Waals surface area (Å²) in [5.41, 5.74) is 4.51. The molecule has 2 aliphatic heterocycles. The Morgan fingerprint density at radius 3 is 1.54 bits per heavy atom. The van der Waals surface area contributed by atoms with E-state index in [-0.39, 0.29) is 0 Å². The van der Waals surface area contributed by atoms with Gasteiger partial charge in [-0.15, -0.1) is 0 Å². The average Bonchev–Trinajstić information content (AvgIpc) is 3.06. The van der Waals surface area contributed by atoms with Crippen LogP contribution >= 0.6 is 0 Å². The van der Waals surface area contributed by atoms with Gasteiger partial charge in [0, 0.05) is 34.9 Å². The van der Waals surface area contributed by atoms with Crippen LogP contribution in [0.3, 0.4) is 0 Å². The molecule has 2 aliphatic rings. The molecule has 0 aromatic heterocycles. The van der Waals surface area contributed by atoms with Crippen molar-refractivity contribution in [2.75, 3.05) is 0 Å². The maximum atomic E-state index is 3.38. The van der Waals surface area contributed by atoms with Crippen molar-refractivity contribution in [2.45, 2.75) is 0 Å². The van der Waals surface area contributed by atoms with Gasteiger partial charge in [0.05, 0.1) is 0 Å². The molecule has 4 rings (SSSR count). The van der Waals surface area contributed by atoms with Gasteiger partial charge in [-0.2, -0.15) is 0 Å². The predicted octanol–water partition coefficient (Wildman–Crippen LogP) is 4.87. The first-order chi connectivity index (χ1) is 11.9. The highest BCUT2D eigenvalue weighted by Gasteiger charge is 2.13. The van der Waals surface area contributed by atoms with Gasteiger partial charge in [0.1, 0.15) is 0 Å². The van der Waals surface area contributed by atoms with Crippen LogP contribution in [0.15, 0.2) is 97.4 Å². The van der Waals surface area contributed by atoms with Crippen molar-refractivity contribution < 1.29 is 0 Å². The van der Waals surface area contributed by atoms with Crippen LogP contribution < -0.4 is 10.6 Å². The second-order valence-electron chi connectivity index (χ2n) is 5.68. The Morgan fingerprint density at radius 1 is 0.542 bits per heavy atom. The van der Waals surface area contributed by atoms with Gasteiger partial charge in [-0.1, -0.05) is 48.6 Å². The average molecular weight is 310 g/mol. The maximum Gasteiger partial charge on any atom is 0.0460 e. The molecular formula is C22H18N2. The smallest absolute Gasteiger partial charge is 0.0460 e. The SMILES string of the molecule is C1=CC=C(c2cc3ccccc3cc2C2=CC=CC=CN2)NC=C1. The van der Waals surface area contributed by atoms with E-state index < -0.39 is 0 Å². The minimum Gasteiger partial charge on any atom is -0.361 e. The lowest BCUT2D eigenvalue weighted by atomic mass is 9.96. The normalized spacial score (nSPS) is 16.0. The third-order valence-corrected chi connectivity index (χ3v) is 4.11. The monoisotopic (exact) mass is 310 g/mol. The van der Waals surface area contributed by atoms with E-state index in [1.54, 1.807) is 0 Å². The summed E-state index contributed by atoms with van der Waals surface area (Å²) >= 11 is 0. The van der Waals surface area contributed by atoms with Gasteiger partial charge in [0.25, 0.3) is 0 Å². The Hall–Kier alpha value is -3.26. The molecule has 0 spiro atoms. The van der Waals surface area contributed by atoms with E-state index in [4.69, 9.17) is 0 Å². The molecule has 0 saturated heterocycles. The molecule has 2 heterocycles. The highest BCUT2D eigenvalue weighted by Crippen LogP contribution is 2.29. The molecule has 0 aliphatic carbocycles. The molecule has 0 amide bonds. The van der Waals surface area contributed by atoms with E-state index >= 15 is 0 Å². The Bertz CT molecular complexity index is 875. The zero-order chi connectivity index (χ0) is 16.2. The second kappa shape index (κ2) is 6.47. The number of benzene rings is 2. The number of rotatable bonds is 2. The first kappa shape index (κ1) is 14.3. The first-order valence-electron chi connectivity index (χ1n) is 8.05. The Morgan fingerprint density at radius 2 is 1.04 bits per heavy atom. The lowest BCUT2D eigenvalue weighted by molar-refractivity contribution is 1.19. The van der Waals surface area contributed by atoms with Crippen molar-refractivity contribution in [3.05, 3.63) is 109 Å². The van der Waals surface area contributed by atoms with Crippen molar-refractivity contribution >= 4 is 22.2 Å². The van der Waals surface area contributed by atoms with Crippen molar-refractivity contribution in [3.63, 3.8) is 0 Å². The van der Waals surface area contributed by atoms with Gasteiger partial charge in [-0.25, -0.2) is 0 Å². The second-order valence-corrected chi connectivity index (χ2v) is 5.68. The van der Waals surface area contributed by atoms with E-state index in [0.29, 0.717) is 0 Å². The van der Waals surface area contributed by atoms with Crippen LogP contribution in [0.1, 0.15) is 11.1 Å². The topological polar surface area (TPSA) is 24.1 Å². The fourth-order valence-electron chi connectivity index (χ4n) is 2.94. The van der Waals surface area contributed by atoms with E-state index in [1.165, 1.54) is 21.9 Å². The molecule has 2 nitrogen and oxygen atoms in total. The summed E-state index contributed by atoms with van der Waals surface area (Å²) in [6.07, 6.45) is 20.3. The van der Waals surface area contributed by atoms with Crippen LogP contribution in [0.25, 0.3) is 22.2 Å². The van der Waals surface area contributed by atoms with E-state index in [9.17, 15) is 0 Å². The molecule has 0 unspecified atom stereocenters. The van der Waals surface area contributed by atoms with Crippen molar-refractivity contribution in [2.24, 2.45) is 0 Å². The van der Waals surface area contributed by atoms with Gasteiger partial charge in [0.15, 0.2) is 0 Å². The summed E-state index contributed by atoms with van der Waals surface area (Å²) in [5.74, 6) is 0. The van der Waals surface area contributed by atoms with Crippen molar-refractivity contribution in [1.82, 2.24) is 10.6 Å². The Balaban J connectivity index is 1.94. The molecular weight excluding hydrogens is 292 g/mol. The molecule has 0 radical (unpaired) electrons. The van der Waals surface area contributed by atoms with Crippen LogP contribution in [0.4, 0.5) is 0 Å². The molecule has 116 valence electrons. The maximum absolute atomic E-state index is 3.38. The summed E-state index contributed by atoms with van der Waals surface area (Å²) < 4.78 is 0.